The standard InChI is InChI=1S/C17H22N4/c1-4-18-17-11(2)15(20-12(3)21-17)14-9-5-7-13-8-6-10-19-16(13)14/h6,8,10,14H,4-5,7,9H2,1-3H3,(H,18,20,21). The van der Waals surface area contributed by atoms with Gasteiger partial charge in [-0.3, -0.25) is 4.98 Å². The largest absolute Gasteiger partial charge is 0.370 e. The number of pyridine rings is 1. The lowest BCUT2D eigenvalue weighted by Gasteiger charge is -2.25. The van der Waals surface area contributed by atoms with Gasteiger partial charge in [0, 0.05) is 24.2 Å². The van der Waals surface area contributed by atoms with Crippen molar-refractivity contribution in [2.24, 2.45) is 0 Å². The zero-order valence-corrected chi connectivity index (χ0v) is 13.0. The van der Waals surface area contributed by atoms with Gasteiger partial charge < -0.3 is 5.32 Å². The van der Waals surface area contributed by atoms with Gasteiger partial charge in [0.2, 0.25) is 0 Å². The van der Waals surface area contributed by atoms with Gasteiger partial charge in [-0.25, -0.2) is 9.97 Å². The van der Waals surface area contributed by atoms with Crippen LogP contribution in [0, 0.1) is 13.8 Å². The molecule has 2 aromatic heterocycles. The third kappa shape index (κ3) is 2.62. The first kappa shape index (κ1) is 14.0. The Labute approximate surface area is 126 Å². The van der Waals surface area contributed by atoms with Crippen LogP contribution in [0.25, 0.3) is 0 Å². The minimum atomic E-state index is 0.300. The van der Waals surface area contributed by atoms with E-state index in [1.165, 1.54) is 17.7 Å². The highest BCUT2D eigenvalue weighted by Crippen LogP contribution is 2.36. The van der Waals surface area contributed by atoms with Crippen LogP contribution in [0.15, 0.2) is 18.3 Å². The maximum atomic E-state index is 4.75. The Bertz CT molecular complexity index is 651. The van der Waals surface area contributed by atoms with E-state index >= 15 is 0 Å². The van der Waals surface area contributed by atoms with Crippen molar-refractivity contribution in [1.82, 2.24) is 15.0 Å². The second-order valence-corrected chi connectivity index (χ2v) is 5.65. The number of aromatic nitrogens is 3. The van der Waals surface area contributed by atoms with Crippen molar-refractivity contribution in [2.75, 3.05) is 11.9 Å². The highest BCUT2D eigenvalue weighted by molar-refractivity contribution is 5.49. The van der Waals surface area contributed by atoms with Crippen molar-refractivity contribution in [1.29, 1.82) is 0 Å². The molecule has 3 rings (SSSR count). The predicted molar refractivity (Wildman–Crippen MR) is 84.7 cm³/mol. The first-order valence-corrected chi connectivity index (χ1v) is 7.73. The van der Waals surface area contributed by atoms with Crippen LogP contribution < -0.4 is 5.32 Å². The average molecular weight is 282 g/mol. The molecule has 4 nitrogen and oxygen atoms in total. The number of nitrogens with zero attached hydrogens (tertiary/aromatic N) is 3. The predicted octanol–water partition coefficient (Wildman–Crippen LogP) is 3.39. The van der Waals surface area contributed by atoms with Crippen molar-refractivity contribution in [3.63, 3.8) is 0 Å². The van der Waals surface area contributed by atoms with E-state index in [0.29, 0.717) is 5.92 Å². The molecular formula is C17H22N4. The Balaban J connectivity index is 2.09. The summed E-state index contributed by atoms with van der Waals surface area (Å²) in [6.45, 7) is 7.04. The summed E-state index contributed by atoms with van der Waals surface area (Å²) in [5.74, 6) is 2.09. The molecule has 0 spiro atoms. The number of anilines is 1. The van der Waals surface area contributed by atoms with Crippen molar-refractivity contribution in [2.45, 2.75) is 46.0 Å². The molecule has 21 heavy (non-hydrogen) atoms. The molecule has 1 aliphatic carbocycles. The number of nitrogens with one attached hydrogen (secondary N) is 1. The molecule has 1 unspecified atom stereocenters. The van der Waals surface area contributed by atoms with Gasteiger partial charge in [-0.1, -0.05) is 6.07 Å². The molecule has 0 bridgehead atoms. The highest BCUT2D eigenvalue weighted by Gasteiger charge is 2.26. The van der Waals surface area contributed by atoms with Gasteiger partial charge in [0.15, 0.2) is 0 Å². The van der Waals surface area contributed by atoms with Gasteiger partial charge in [-0.15, -0.1) is 0 Å². The highest BCUT2D eigenvalue weighted by atomic mass is 15.0. The Morgan fingerprint density at radius 3 is 2.90 bits per heavy atom. The van der Waals surface area contributed by atoms with Crippen LogP contribution in [0.3, 0.4) is 0 Å². The summed E-state index contributed by atoms with van der Waals surface area (Å²) in [6, 6.07) is 4.23. The van der Waals surface area contributed by atoms with E-state index < -0.39 is 0 Å². The lowest BCUT2D eigenvalue weighted by atomic mass is 9.83. The number of hydrogen-bond acceptors (Lipinski definition) is 4. The van der Waals surface area contributed by atoms with Crippen LogP contribution >= 0.6 is 0 Å². The van der Waals surface area contributed by atoms with Crippen molar-refractivity contribution in [3.8, 4) is 0 Å². The van der Waals surface area contributed by atoms with Crippen LogP contribution in [-0.2, 0) is 6.42 Å². The van der Waals surface area contributed by atoms with E-state index in [-0.39, 0.29) is 0 Å². The molecule has 1 atom stereocenters. The van der Waals surface area contributed by atoms with Crippen LogP contribution in [0.5, 0.6) is 0 Å². The lowest BCUT2D eigenvalue weighted by molar-refractivity contribution is 0.582. The van der Waals surface area contributed by atoms with Gasteiger partial charge in [0.25, 0.3) is 0 Å². The summed E-state index contributed by atoms with van der Waals surface area (Å²) < 4.78 is 0. The SMILES string of the molecule is CCNc1nc(C)nc(C2CCCc3cccnc32)c1C. The normalized spacial score (nSPS) is 17.4. The third-order valence-corrected chi connectivity index (χ3v) is 4.16. The molecule has 0 fully saturated rings. The molecule has 0 aliphatic heterocycles. The van der Waals surface area contributed by atoms with E-state index in [2.05, 4.69) is 35.2 Å². The summed E-state index contributed by atoms with van der Waals surface area (Å²) in [4.78, 5) is 13.9. The summed E-state index contributed by atoms with van der Waals surface area (Å²) in [7, 11) is 0. The third-order valence-electron chi connectivity index (χ3n) is 4.16. The van der Waals surface area contributed by atoms with E-state index in [1.54, 1.807) is 0 Å². The fraction of sp³-hybridized carbons (Fsp3) is 0.471. The lowest BCUT2D eigenvalue weighted by Crippen LogP contribution is -2.17. The Kier molecular flexibility index (Phi) is 3.86. The van der Waals surface area contributed by atoms with E-state index in [9.17, 15) is 0 Å². The maximum absolute atomic E-state index is 4.75. The minimum Gasteiger partial charge on any atom is -0.370 e. The minimum absolute atomic E-state index is 0.300. The van der Waals surface area contributed by atoms with Crippen LogP contribution in [0.2, 0.25) is 0 Å². The van der Waals surface area contributed by atoms with E-state index in [1.807, 2.05) is 19.2 Å². The number of hydrogen-bond donors (Lipinski definition) is 1. The second kappa shape index (κ2) is 5.80. The van der Waals surface area contributed by atoms with Crippen molar-refractivity contribution >= 4 is 5.82 Å². The summed E-state index contributed by atoms with van der Waals surface area (Å²) >= 11 is 0. The summed E-state index contributed by atoms with van der Waals surface area (Å²) in [6.07, 6.45) is 5.34. The fourth-order valence-electron chi connectivity index (χ4n) is 3.20. The zero-order chi connectivity index (χ0) is 14.8. The molecule has 0 saturated carbocycles. The maximum Gasteiger partial charge on any atom is 0.132 e. The van der Waals surface area contributed by atoms with Crippen molar-refractivity contribution in [3.05, 3.63) is 46.7 Å². The topological polar surface area (TPSA) is 50.7 Å². The van der Waals surface area contributed by atoms with Crippen LogP contribution in [-0.4, -0.2) is 21.5 Å². The number of rotatable bonds is 3. The molecule has 110 valence electrons. The Hall–Kier alpha value is -1.97. The van der Waals surface area contributed by atoms with Crippen LogP contribution in [0.1, 0.15) is 54.0 Å². The molecule has 1 aliphatic rings. The molecule has 0 aromatic carbocycles. The van der Waals surface area contributed by atoms with Crippen molar-refractivity contribution < 1.29 is 0 Å². The fourth-order valence-corrected chi connectivity index (χ4v) is 3.20. The van der Waals surface area contributed by atoms with Crippen LogP contribution in [0.4, 0.5) is 5.82 Å². The molecule has 2 aromatic rings. The molecule has 2 heterocycles. The van der Waals surface area contributed by atoms with E-state index in [4.69, 9.17) is 4.98 Å². The Morgan fingerprint density at radius 1 is 1.24 bits per heavy atom. The molecule has 1 N–H and O–H groups in total. The van der Waals surface area contributed by atoms with Gasteiger partial charge in [0.05, 0.1) is 11.4 Å². The first-order valence-electron chi connectivity index (χ1n) is 7.73. The van der Waals surface area contributed by atoms with Gasteiger partial charge in [-0.05, 0) is 51.7 Å². The molecule has 0 saturated heterocycles. The van der Waals surface area contributed by atoms with E-state index in [0.717, 1.165) is 42.3 Å². The molecule has 0 radical (unpaired) electrons. The zero-order valence-electron chi connectivity index (χ0n) is 13.0. The molecule has 0 amide bonds. The van der Waals surface area contributed by atoms with Gasteiger partial charge >= 0.3 is 0 Å². The quantitative estimate of drug-likeness (QED) is 0.937. The Morgan fingerprint density at radius 2 is 2.10 bits per heavy atom. The molecule has 4 heteroatoms. The van der Waals surface area contributed by atoms with Gasteiger partial charge in [0.1, 0.15) is 11.6 Å². The average Bonchev–Trinajstić information content (AvgIpc) is 2.50. The number of aryl methyl sites for hydroxylation is 2. The van der Waals surface area contributed by atoms with Gasteiger partial charge in [-0.2, -0.15) is 0 Å². The first-order chi connectivity index (χ1) is 10.2. The second-order valence-electron chi connectivity index (χ2n) is 5.65. The summed E-state index contributed by atoms with van der Waals surface area (Å²) in [5.41, 5.74) is 4.87. The monoisotopic (exact) mass is 282 g/mol. The summed E-state index contributed by atoms with van der Waals surface area (Å²) in [5, 5.41) is 3.35. The molecular weight excluding hydrogens is 260 g/mol. The smallest absolute Gasteiger partial charge is 0.132 e. The number of fused-ring (bicyclic) bond motifs is 1.